The number of alkyl halides is 1. The first kappa shape index (κ1) is 52.4. The average molecular weight is 903 g/mol. The minimum absolute atomic E-state index is 0.00944. The van der Waals surface area contributed by atoms with Crippen molar-refractivity contribution in [2.75, 3.05) is 38.5 Å². The molecule has 1 aromatic carbocycles. The molecule has 0 spiro atoms. The molecule has 0 radical (unpaired) electrons. The van der Waals surface area contributed by atoms with Crippen LogP contribution in [0.25, 0.3) is 0 Å². The molecule has 356 valence electrons. The molecule has 16 nitrogen and oxygen atoms in total. The van der Waals surface area contributed by atoms with Gasteiger partial charge in [-0.15, -0.1) is 11.6 Å². The van der Waals surface area contributed by atoms with Gasteiger partial charge in [-0.3, -0.25) is 9.69 Å². The lowest BCUT2D eigenvalue weighted by Gasteiger charge is -2.53. The van der Waals surface area contributed by atoms with Crippen LogP contribution in [0.1, 0.15) is 94.9 Å². The zero-order chi connectivity index (χ0) is 46.7. The maximum atomic E-state index is 14.4. The first-order valence-corrected chi connectivity index (χ1v) is 22.6. The zero-order valence-corrected chi connectivity index (χ0v) is 39.7. The Bertz CT molecular complexity index is 1610. The lowest BCUT2D eigenvalue weighted by Crippen LogP contribution is -2.67. The summed E-state index contributed by atoms with van der Waals surface area (Å²) in [6, 6.07) is 7.37. The highest BCUT2D eigenvalue weighted by atomic mass is 35.5. The number of anilines is 1. The monoisotopic (exact) mass is 902 g/mol. The molecule has 2 amide bonds. The number of esters is 1. The highest BCUT2D eigenvalue weighted by Gasteiger charge is 2.58. The number of methoxy groups -OCH3 is 1. The number of aliphatic hydroxyl groups is 5. The van der Waals surface area contributed by atoms with Gasteiger partial charge >= 0.3 is 12.0 Å². The number of para-hydroxylation sites is 1. The van der Waals surface area contributed by atoms with Gasteiger partial charge < -0.3 is 64.2 Å². The topological polar surface area (TPSA) is 209 Å². The fraction of sp³-hybridized carbons (Fsp3) is 0.822. The maximum absolute atomic E-state index is 14.4. The fourth-order valence-electron chi connectivity index (χ4n) is 9.68. The number of hydrogen-bond donors (Lipinski definition) is 6. The summed E-state index contributed by atoms with van der Waals surface area (Å²) in [4.78, 5) is 31.2. The average Bonchev–Trinajstić information content (AvgIpc) is 3.23. The molecule has 62 heavy (non-hydrogen) atoms. The Kier molecular flexibility index (Phi) is 17.7. The molecule has 1 aromatic rings. The summed E-state index contributed by atoms with van der Waals surface area (Å²) < 4.78 is 38.0. The molecule has 4 rings (SSSR count). The van der Waals surface area contributed by atoms with E-state index in [1.54, 1.807) is 62.6 Å². The number of nitrogens with one attached hydrogen (secondary N) is 1. The van der Waals surface area contributed by atoms with Gasteiger partial charge in [-0.2, -0.15) is 0 Å². The molecule has 18 atom stereocenters. The lowest BCUT2D eigenvalue weighted by atomic mass is 9.76. The van der Waals surface area contributed by atoms with Crippen molar-refractivity contribution in [1.29, 1.82) is 0 Å². The number of likely N-dealkylation sites (N-methyl/N-ethyl adjacent to an activating group) is 1. The van der Waals surface area contributed by atoms with Crippen molar-refractivity contribution in [3.8, 4) is 0 Å². The smallest absolute Gasteiger partial charge is 0.324 e. The van der Waals surface area contributed by atoms with Gasteiger partial charge in [0.2, 0.25) is 0 Å². The van der Waals surface area contributed by atoms with Crippen LogP contribution in [0.15, 0.2) is 30.3 Å². The summed E-state index contributed by atoms with van der Waals surface area (Å²) in [6.45, 7) is 17.3. The summed E-state index contributed by atoms with van der Waals surface area (Å²) >= 11 is 6.30. The second kappa shape index (κ2) is 21.0. The number of aliphatic hydroxyl groups excluding tert-OH is 2. The number of urea groups is 1. The molecule has 17 heteroatoms. The quantitative estimate of drug-likeness (QED) is 0.154. The summed E-state index contributed by atoms with van der Waals surface area (Å²) in [5, 5.41) is 62.8. The van der Waals surface area contributed by atoms with E-state index in [0.717, 1.165) is 0 Å². The summed E-state index contributed by atoms with van der Waals surface area (Å²) in [6.07, 6.45) is -9.45. The SMILES string of the molecule is CC[C@H]1OC(=O)[C@H](C)[C@@H](O[C@H]2C[C@@](C)(OC)[C@](O)(CCl)[C@H](C)O2)[C@H](C)[C@@H](O[C@@H]2O[C@H](C)C[C@H](N(C)C(=O)N(C)c3ccccc3)[C@H]2O)[C@](C)(O)C[C@@H](C)CN[C@H](C)[C@@H](O)[C@]1(C)O. The molecular weight excluding hydrogens is 826 g/mol. The number of carbonyl (C=O) groups excluding carboxylic acids is 2. The molecule has 0 unspecified atom stereocenters. The molecule has 3 saturated heterocycles. The number of halogens is 1. The number of hydrogen-bond acceptors (Lipinski definition) is 14. The molecule has 0 aromatic heterocycles. The standard InChI is InChI=1S/C45H76ClN3O13/c1-14-33-44(10,55)37(51)29(6)47-23-25(2)21-42(8,54)38(62-40-35(50)32(20-26(3)58-40)49(12)41(53)48(11)31-18-16-15-17-19-31)27(4)36(28(5)39(52)60-33)61-34-22-43(9,57-13)45(56,24-46)30(7)59-34/h15-19,25-30,32-38,40,47,50-51,54-56H,14,20-24H2,1-13H3/t25-,26-,27+,28-,29-,30+,32+,33-,34+,35-,36+,37-,38-,40+,42-,43-,44-,45+/m1/s1. The van der Waals surface area contributed by atoms with Crippen LogP contribution in [0.3, 0.4) is 0 Å². The predicted octanol–water partition coefficient (Wildman–Crippen LogP) is 3.79. The molecule has 0 bridgehead atoms. The van der Waals surface area contributed by atoms with Crippen molar-refractivity contribution >= 4 is 29.3 Å². The number of nitrogens with zero attached hydrogens (tertiary/aromatic N) is 2. The van der Waals surface area contributed by atoms with Gasteiger partial charge in [0, 0.05) is 45.3 Å². The van der Waals surface area contributed by atoms with Crippen LogP contribution in [-0.4, -0.2) is 166 Å². The number of rotatable bonds is 9. The molecular formula is C45H76ClN3O13. The number of ether oxygens (including phenoxy) is 6. The van der Waals surface area contributed by atoms with E-state index in [0.29, 0.717) is 12.2 Å². The van der Waals surface area contributed by atoms with Crippen LogP contribution >= 0.6 is 11.6 Å². The van der Waals surface area contributed by atoms with Gasteiger partial charge in [0.1, 0.15) is 35.1 Å². The third kappa shape index (κ3) is 11.1. The van der Waals surface area contributed by atoms with Crippen LogP contribution in [0.2, 0.25) is 0 Å². The van der Waals surface area contributed by atoms with Crippen molar-refractivity contribution in [2.45, 2.75) is 185 Å². The number of carbonyl (C=O) groups is 2. The van der Waals surface area contributed by atoms with Gasteiger partial charge in [0.25, 0.3) is 0 Å². The second-order valence-corrected chi connectivity index (χ2v) is 19.2. The van der Waals surface area contributed by atoms with E-state index in [1.165, 1.54) is 23.8 Å². The van der Waals surface area contributed by atoms with E-state index in [9.17, 15) is 35.1 Å². The highest BCUT2D eigenvalue weighted by Crippen LogP contribution is 2.44. The van der Waals surface area contributed by atoms with Crippen LogP contribution in [0.4, 0.5) is 10.5 Å². The maximum Gasteiger partial charge on any atom is 0.324 e. The Morgan fingerprint density at radius 2 is 1.60 bits per heavy atom. The van der Waals surface area contributed by atoms with Crippen LogP contribution in [0.5, 0.6) is 0 Å². The van der Waals surface area contributed by atoms with Gasteiger partial charge in [-0.05, 0) is 92.3 Å². The van der Waals surface area contributed by atoms with Crippen molar-refractivity contribution in [3.05, 3.63) is 30.3 Å². The van der Waals surface area contributed by atoms with Gasteiger partial charge in [0.15, 0.2) is 12.6 Å². The Morgan fingerprint density at radius 3 is 2.18 bits per heavy atom. The Hall–Kier alpha value is -2.19. The minimum Gasteiger partial charge on any atom is -0.459 e. The molecule has 6 N–H and O–H groups in total. The third-order valence-corrected chi connectivity index (χ3v) is 14.4. The summed E-state index contributed by atoms with van der Waals surface area (Å²) in [5.74, 6) is -3.21. The van der Waals surface area contributed by atoms with Crippen molar-refractivity contribution in [2.24, 2.45) is 17.8 Å². The van der Waals surface area contributed by atoms with E-state index >= 15 is 0 Å². The highest BCUT2D eigenvalue weighted by molar-refractivity contribution is 6.18. The number of cyclic esters (lactones) is 1. The van der Waals surface area contributed by atoms with E-state index in [-0.39, 0.29) is 43.5 Å². The third-order valence-electron chi connectivity index (χ3n) is 14.0. The molecule has 0 aliphatic carbocycles. The normalized spacial score (nSPS) is 44.1. The number of benzene rings is 1. The van der Waals surface area contributed by atoms with E-state index < -0.39 is 108 Å². The van der Waals surface area contributed by atoms with E-state index in [4.69, 9.17) is 40.0 Å². The van der Waals surface area contributed by atoms with Gasteiger partial charge in [0.05, 0.1) is 47.9 Å². The Labute approximate surface area is 373 Å². The van der Waals surface area contributed by atoms with Gasteiger partial charge in [-0.25, -0.2) is 4.79 Å². The number of amides is 2. The molecule has 3 fully saturated rings. The Balaban J connectivity index is 1.80. The van der Waals surface area contributed by atoms with Crippen LogP contribution in [0, 0.1) is 17.8 Å². The predicted molar refractivity (Wildman–Crippen MR) is 234 cm³/mol. The largest absolute Gasteiger partial charge is 0.459 e. The molecule has 3 aliphatic rings. The second-order valence-electron chi connectivity index (χ2n) is 19.0. The zero-order valence-electron chi connectivity index (χ0n) is 39.0. The first-order chi connectivity index (χ1) is 28.8. The van der Waals surface area contributed by atoms with Gasteiger partial charge in [-0.1, -0.05) is 39.0 Å². The Morgan fingerprint density at radius 1 is 0.968 bits per heavy atom. The molecule has 3 heterocycles. The van der Waals surface area contributed by atoms with E-state index in [1.807, 2.05) is 44.2 Å². The van der Waals surface area contributed by atoms with E-state index in [2.05, 4.69) is 5.32 Å². The summed E-state index contributed by atoms with van der Waals surface area (Å²) in [5.41, 5.74) is -5.75. The van der Waals surface area contributed by atoms with Crippen LogP contribution in [-0.2, 0) is 33.2 Å². The minimum atomic E-state index is -1.86. The molecule has 3 aliphatic heterocycles. The van der Waals surface area contributed by atoms with Crippen LogP contribution < -0.4 is 10.2 Å². The molecule has 0 saturated carbocycles. The lowest BCUT2D eigenvalue weighted by molar-refractivity contribution is -0.333. The van der Waals surface area contributed by atoms with Crippen molar-refractivity contribution in [3.63, 3.8) is 0 Å². The van der Waals surface area contributed by atoms with Crippen molar-refractivity contribution < 1.29 is 63.5 Å². The van der Waals surface area contributed by atoms with Crippen molar-refractivity contribution in [1.82, 2.24) is 10.2 Å². The summed E-state index contributed by atoms with van der Waals surface area (Å²) in [7, 11) is 4.72. The first-order valence-electron chi connectivity index (χ1n) is 22.1. The fourth-order valence-corrected chi connectivity index (χ4v) is 10.2.